The normalized spacial score (nSPS) is 10.4. The van der Waals surface area contributed by atoms with Gasteiger partial charge in [-0.25, -0.2) is 4.98 Å². The monoisotopic (exact) mass is 334 g/mol. The maximum Gasteiger partial charge on any atom is 0.313 e. The highest BCUT2D eigenvalue weighted by molar-refractivity contribution is 5.63. The van der Waals surface area contributed by atoms with Crippen LogP contribution >= 0.6 is 0 Å². The Morgan fingerprint density at radius 3 is 1.96 bits per heavy atom. The summed E-state index contributed by atoms with van der Waals surface area (Å²) < 4.78 is 0. The fourth-order valence-corrected chi connectivity index (χ4v) is 2.65. The molecule has 0 aliphatic rings. The molecule has 2 N–H and O–H groups in total. The van der Waals surface area contributed by atoms with Gasteiger partial charge in [0.15, 0.2) is 0 Å². The van der Waals surface area contributed by atoms with E-state index in [0.29, 0.717) is 18.9 Å². The second-order valence-electron chi connectivity index (χ2n) is 5.70. The van der Waals surface area contributed by atoms with E-state index in [1.165, 1.54) is 12.3 Å². The fraction of sp³-hybridized carbons (Fsp3) is 0.105. The Morgan fingerprint density at radius 2 is 1.48 bits per heavy atom. The van der Waals surface area contributed by atoms with Crippen LogP contribution in [-0.4, -0.2) is 9.91 Å². The van der Waals surface area contributed by atoms with Crippen molar-refractivity contribution in [2.75, 3.05) is 10.6 Å². The molecule has 0 spiro atoms. The summed E-state index contributed by atoms with van der Waals surface area (Å²) in [5.41, 5.74) is 7.96. The molecule has 6 heteroatoms. The molecular weight excluding hydrogens is 316 g/mol. The number of hydrogen-bond donors (Lipinski definition) is 1. The standard InChI is InChI=1S/C19H18N4O2/c20-17-11-18(23(24)25)19(21-12-17)22(13-15-7-3-1-4-8-15)14-16-9-5-2-6-10-16/h1-12H,13-14,20H2. The minimum absolute atomic E-state index is 0.0909. The van der Waals surface area contributed by atoms with Gasteiger partial charge in [-0.05, 0) is 11.1 Å². The Balaban J connectivity index is 2.00. The number of pyridine rings is 1. The fourth-order valence-electron chi connectivity index (χ4n) is 2.65. The van der Waals surface area contributed by atoms with Gasteiger partial charge in [0.1, 0.15) is 0 Å². The topological polar surface area (TPSA) is 85.3 Å². The Bertz CT molecular complexity index is 812. The van der Waals surface area contributed by atoms with Crippen molar-refractivity contribution in [2.24, 2.45) is 0 Å². The number of rotatable bonds is 6. The number of benzene rings is 2. The first-order valence-corrected chi connectivity index (χ1v) is 7.86. The Morgan fingerprint density at radius 1 is 0.960 bits per heavy atom. The minimum Gasteiger partial charge on any atom is -0.397 e. The Labute approximate surface area is 145 Å². The van der Waals surface area contributed by atoms with Crippen LogP contribution in [0.25, 0.3) is 0 Å². The highest BCUT2D eigenvalue weighted by Gasteiger charge is 2.22. The van der Waals surface area contributed by atoms with E-state index in [4.69, 9.17) is 5.73 Å². The van der Waals surface area contributed by atoms with E-state index in [1.54, 1.807) is 0 Å². The number of aromatic nitrogens is 1. The lowest BCUT2D eigenvalue weighted by atomic mass is 10.1. The van der Waals surface area contributed by atoms with Gasteiger partial charge in [0.2, 0.25) is 5.82 Å². The zero-order valence-corrected chi connectivity index (χ0v) is 13.6. The van der Waals surface area contributed by atoms with E-state index < -0.39 is 4.92 Å². The van der Waals surface area contributed by atoms with Crippen LogP contribution in [0.15, 0.2) is 72.9 Å². The number of nitro groups is 1. The summed E-state index contributed by atoms with van der Waals surface area (Å²) in [6.07, 6.45) is 1.45. The van der Waals surface area contributed by atoms with Crippen LogP contribution < -0.4 is 10.6 Å². The van der Waals surface area contributed by atoms with Crippen molar-refractivity contribution in [1.29, 1.82) is 0 Å². The molecule has 2 aromatic carbocycles. The maximum absolute atomic E-state index is 11.5. The van der Waals surface area contributed by atoms with Crippen molar-refractivity contribution < 1.29 is 4.92 Å². The molecule has 0 saturated heterocycles. The van der Waals surface area contributed by atoms with Gasteiger partial charge in [-0.2, -0.15) is 0 Å². The van der Waals surface area contributed by atoms with Crippen LogP contribution in [-0.2, 0) is 13.1 Å². The summed E-state index contributed by atoms with van der Waals surface area (Å²) in [5, 5.41) is 11.5. The van der Waals surface area contributed by atoms with Gasteiger partial charge in [0.25, 0.3) is 0 Å². The number of nitrogen functional groups attached to an aromatic ring is 1. The SMILES string of the molecule is Nc1cnc(N(Cc2ccccc2)Cc2ccccc2)c([N+](=O)[O-])c1. The van der Waals surface area contributed by atoms with Gasteiger partial charge >= 0.3 is 5.69 Å². The van der Waals surface area contributed by atoms with Crippen LogP contribution in [0.4, 0.5) is 17.2 Å². The average molecular weight is 334 g/mol. The molecule has 0 aliphatic heterocycles. The summed E-state index contributed by atoms with van der Waals surface area (Å²) in [6, 6.07) is 21.0. The molecular formula is C19H18N4O2. The van der Waals surface area contributed by atoms with E-state index in [2.05, 4.69) is 4.98 Å². The molecule has 0 bridgehead atoms. The predicted octanol–water partition coefficient (Wildman–Crippen LogP) is 3.78. The molecule has 126 valence electrons. The molecule has 3 aromatic rings. The van der Waals surface area contributed by atoms with Crippen LogP contribution in [0.2, 0.25) is 0 Å². The first-order chi connectivity index (χ1) is 12.1. The Kier molecular flexibility index (Phi) is 4.89. The zero-order valence-electron chi connectivity index (χ0n) is 13.6. The van der Waals surface area contributed by atoms with Crippen LogP contribution in [0.5, 0.6) is 0 Å². The molecule has 0 radical (unpaired) electrons. The van der Waals surface area contributed by atoms with Crippen LogP contribution in [0.3, 0.4) is 0 Å². The third-order valence-electron chi connectivity index (χ3n) is 3.80. The molecule has 1 heterocycles. The second kappa shape index (κ2) is 7.44. The highest BCUT2D eigenvalue weighted by atomic mass is 16.6. The predicted molar refractivity (Wildman–Crippen MR) is 98.1 cm³/mol. The molecule has 25 heavy (non-hydrogen) atoms. The first kappa shape index (κ1) is 16.4. The summed E-state index contributed by atoms with van der Waals surface area (Å²) in [4.78, 5) is 17.2. The molecule has 0 saturated carbocycles. The van der Waals surface area contributed by atoms with Gasteiger partial charge in [-0.15, -0.1) is 0 Å². The smallest absolute Gasteiger partial charge is 0.313 e. The minimum atomic E-state index is -0.443. The molecule has 1 aromatic heterocycles. The van der Waals surface area contributed by atoms with Crippen molar-refractivity contribution in [3.63, 3.8) is 0 Å². The maximum atomic E-state index is 11.5. The lowest BCUT2D eigenvalue weighted by molar-refractivity contribution is -0.384. The largest absolute Gasteiger partial charge is 0.397 e. The van der Waals surface area contributed by atoms with Crippen molar-refractivity contribution in [3.05, 3.63) is 94.2 Å². The van der Waals surface area contributed by atoms with Gasteiger partial charge in [-0.1, -0.05) is 60.7 Å². The van der Waals surface area contributed by atoms with E-state index in [-0.39, 0.29) is 11.4 Å². The van der Waals surface area contributed by atoms with E-state index in [1.807, 2.05) is 65.6 Å². The number of hydrogen-bond acceptors (Lipinski definition) is 5. The van der Waals surface area contributed by atoms with E-state index in [9.17, 15) is 10.1 Å². The van der Waals surface area contributed by atoms with Crippen molar-refractivity contribution in [3.8, 4) is 0 Å². The molecule has 0 aliphatic carbocycles. The molecule has 0 unspecified atom stereocenters. The van der Waals surface area contributed by atoms with Crippen molar-refractivity contribution in [1.82, 2.24) is 4.98 Å². The van der Waals surface area contributed by atoms with Crippen molar-refractivity contribution >= 4 is 17.2 Å². The van der Waals surface area contributed by atoms with E-state index >= 15 is 0 Å². The molecule has 3 rings (SSSR count). The van der Waals surface area contributed by atoms with Gasteiger partial charge < -0.3 is 10.6 Å². The second-order valence-corrected chi connectivity index (χ2v) is 5.70. The number of nitrogens with two attached hydrogens (primary N) is 1. The lowest BCUT2D eigenvalue weighted by Gasteiger charge is -2.24. The third kappa shape index (κ3) is 4.11. The zero-order chi connectivity index (χ0) is 17.6. The van der Waals surface area contributed by atoms with Crippen molar-refractivity contribution in [2.45, 2.75) is 13.1 Å². The summed E-state index contributed by atoms with van der Waals surface area (Å²) in [5.74, 6) is 0.312. The molecule has 6 nitrogen and oxygen atoms in total. The first-order valence-electron chi connectivity index (χ1n) is 7.86. The lowest BCUT2D eigenvalue weighted by Crippen LogP contribution is -2.24. The molecule has 0 atom stereocenters. The average Bonchev–Trinajstić information content (AvgIpc) is 2.63. The quantitative estimate of drug-likeness (QED) is 0.548. The highest BCUT2D eigenvalue weighted by Crippen LogP contribution is 2.29. The van der Waals surface area contributed by atoms with Crippen LogP contribution in [0.1, 0.15) is 11.1 Å². The number of anilines is 2. The number of nitrogens with zero attached hydrogens (tertiary/aromatic N) is 3. The molecule has 0 amide bonds. The van der Waals surface area contributed by atoms with Gasteiger partial charge in [-0.3, -0.25) is 10.1 Å². The molecule has 0 fully saturated rings. The van der Waals surface area contributed by atoms with Gasteiger partial charge in [0.05, 0.1) is 16.8 Å². The van der Waals surface area contributed by atoms with E-state index in [0.717, 1.165) is 11.1 Å². The summed E-state index contributed by atoms with van der Waals surface area (Å²) in [6.45, 7) is 1.01. The van der Waals surface area contributed by atoms with Crippen LogP contribution in [0, 0.1) is 10.1 Å². The third-order valence-corrected chi connectivity index (χ3v) is 3.80. The summed E-state index contributed by atoms with van der Waals surface area (Å²) in [7, 11) is 0. The Hall–Kier alpha value is -3.41. The van der Waals surface area contributed by atoms with Gasteiger partial charge in [0, 0.05) is 19.2 Å². The summed E-state index contributed by atoms with van der Waals surface area (Å²) >= 11 is 0.